The summed E-state index contributed by atoms with van der Waals surface area (Å²) < 4.78 is 36.7. The van der Waals surface area contributed by atoms with Gasteiger partial charge in [0.1, 0.15) is 10.7 Å². The average Bonchev–Trinajstić information content (AvgIpc) is 2.96. The number of halogens is 1. The molecule has 7 heteroatoms. The van der Waals surface area contributed by atoms with Gasteiger partial charge in [0.15, 0.2) is 9.84 Å². The second kappa shape index (κ2) is 7.40. The summed E-state index contributed by atoms with van der Waals surface area (Å²) in [5, 5.41) is 6.09. The quantitative estimate of drug-likeness (QED) is 0.827. The summed E-state index contributed by atoms with van der Waals surface area (Å²) in [7, 11) is -3.59. The molecule has 1 saturated heterocycles. The molecule has 2 atom stereocenters. The average molecular weight is 342 g/mol. The minimum Gasteiger partial charge on any atom is -0.350 e. The van der Waals surface area contributed by atoms with Crippen molar-refractivity contribution in [2.45, 2.75) is 37.1 Å². The Balaban J connectivity index is 1.93. The van der Waals surface area contributed by atoms with Gasteiger partial charge >= 0.3 is 0 Å². The zero-order valence-corrected chi connectivity index (χ0v) is 14.2. The van der Waals surface area contributed by atoms with Gasteiger partial charge in [0.25, 0.3) is 0 Å². The van der Waals surface area contributed by atoms with E-state index in [-0.39, 0.29) is 16.8 Å². The Kier molecular flexibility index (Phi) is 5.75. The Morgan fingerprint density at radius 3 is 2.78 bits per heavy atom. The van der Waals surface area contributed by atoms with Gasteiger partial charge < -0.3 is 10.6 Å². The van der Waals surface area contributed by atoms with E-state index in [1.807, 2.05) is 0 Å². The number of benzene rings is 1. The zero-order chi connectivity index (χ0) is 17.0. The summed E-state index contributed by atoms with van der Waals surface area (Å²) in [6, 6.07) is 3.58. The van der Waals surface area contributed by atoms with Crippen molar-refractivity contribution in [2.75, 3.05) is 19.3 Å². The van der Waals surface area contributed by atoms with E-state index in [1.54, 1.807) is 6.92 Å². The molecule has 0 aliphatic carbocycles. The van der Waals surface area contributed by atoms with Crippen LogP contribution in [0, 0.1) is 11.7 Å². The summed E-state index contributed by atoms with van der Waals surface area (Å²) in [6.07, 6.45) is 3.35. The van der Waals surface area contributed by atoms with Gasteiger partial charge in [-0.25, -0.2) is 12.8 Å². The number of nitrogens with one attached hydrogen (secondary N) is 2. The van der Waals surface area contributed by atoms with Crippen molar-refractivity contribution >= 4 is 15.7 Å². The monoisotopic (exact) mass is 342 g/mol. The van der Waals surface area contributed by atoms with Gasteiger partial charge in [0.05, 0.1) is 6.04 Å². The molecule has 1 aliphatic rings. The van der Waals surface area contributed by atoms with Crippen molar-refractivity contribution in [3.8, 4) is 0 Å². The minimum absolute atomic E-state index is 0.0722. The molecule has 1 aromatic carbocycles. The molecule has 0 aromatic heterocycles. The Hall–Kier alpha value is -1.47. The first-order valence-corrected chi connectivity index (χ1v) is 9.66. The highest BCUT2D eigenvalue weighted by molar-refractivity contribution is 7.90. The van der Waals surface area contributed by atoms with Gasteiger partial charge in [-0.05, 0) is 56.5 Å². The van der Waals surface area contributed by atoms with Gasteiger partial charge in [-0.3, -0.25) is 4.79 Å². The summed E-state index contributed by atoms with van der Waals surface area (Å²) in [4.78, 5) is 11.6. The van der Waals surface area contributed by atoms with E-state index < -0.39 is 15.7 Å². The Bertz CT molecular complexity index is 670. The van der Waals surface area contributed by atoms with Crippen LogP contribution in [0.5, 0.6) is 0 Å². The first-order valence-electron chi connectivity index (χ1n) is 7.77. The van der Waals surface area contributed by atoms with Crippen LogP contribution in [0.1, 0.15) is 37.8 Å². The first-order chi connectivity index (χ1) is 10.8. The highest BCUT2D eigenvalue weighted by Gasteiger charge is 2.18. The molecule has 128 valence electrons. The maximum absolute atomic E-state index is 13.9. The van der Waals surface area contributed by atoms with Gasteiger partial charge in [-0.15, -0.1) is 0 Å². The van der Waals surface area contributed by atoms with Crippen LogP contribution in [0.4, 0.5) is 4.39 Å². The van der Waals surface area contributed by atoms with E-state index in [0.29, 0.717) is 17.9 Å². The van der Waals surface area contributed by atoms with Crippen molar-refractivity contribution < 1.29 is 17.6 Å². The summed E-state index contributed by atoms with van der Waals surface area (Å²) in [5.74, 6) is -0.317. The summed E-state index contributed by atoms with van der Waals surface area (Å²) in [6.45, 7) is 3.72. The molecule has 0 saturated carbocycles. The van der Waals surface area contributed by atoms with Crippen molar-refractivity contribution in [1.82, 2.24) is 10.6 Å². The van der Waals surface area contributed by atoms with Crippen LogP contribution in [0.25, 0.3) is 0 Å². The highest BCUT2D eigenvalue weighted by Crippen LogP contribution is 2.21. The van der Waals surface area contributed by atoms with Crippen molar-refractivity contribution in [3.63, 3.8) is 0 Å². The standard InChI is InChI=1S/C16H23FN2O3S/c1-11(19-16(20)6-3-12-7-8-18-10-12)13-4-5-15(14(17)9-13)23(2,21)22/h4-5,9,11-12,18H,3,6-8,10H2,1-2H3,(H,19,20). The third-order valence-corrected chi connectivity index (χ3v) is 5.30. The molecule has 23 heavy (non-hydrogen) atoms. The summed E-state index contributed by atoms with van der Waals surface area (Å²) in [5.41, 5.74) is 0.547. The molecule has 1 aromatic rings. The number of carbonyl (C=O) groups excluding carboxylic acids is 1. The molecule has 1 aliphatic heterocycles. The van der Waals surface area contributed by atoms with Gasteiger partial charge in [-0.1, -0.05) is 6.07 Å². The van der Waals surface area contributed by atoms with Gasteiger partial charge in [0, 0.05) is 12.7 Å². The van der Waals surface area contributed by atoms with Crippen LogP contribution in [-0.4, -0.2) is 33.7 Å². The van der Waals surface area contributed by atoms with Crippen molar-refractivity contribution in [2.24, 2.45) is 5.92 Å². The molecule has 0 spiro atoms. The molecular weight excluding hydrogens is 319 g/mol. The fourth-order valence-corrected chi connectivity index (χ4v) is 3.51. The van der Waals surface area contributed by atoms with Crippen LogP contribution in [-0.2, 0) is 14.6 Å². The van der Waals surface area contributed by atoms with E-state index >= 15 is 0 Å². The number of rotatable bonds is 6. The van der Waals surface area contributed by atoms with Crippen LogP contribution in [0.2, 0.25) is 0 Å². The van der Waals surface area contributed by atoms with E-state index in [2.05, 4.69) is 10.6 Å². The third kappa shape index (κ3) is 5.00. The Morgan fingerprint density at radius 1 is 1.48 bits per heavy atom. The molecule has 0 radical (unpaired) electrons. The molecule has 1 heterocycles. The first kappa shape index (κ1) is 17.9. The smallest absolute Gasteiger partial charge is 0.220 e. The van der Waals surface area contributed by atoms with Crippen LogP contribution < -0.4 is 10.6 Å². The fourth-order valence-electron chi connectivity index (χ4n) is 2.78. The molecule has 0 bridgehead atoms. The molecule has 1 amide bonds. The number of hydrogen-bond donors (Lipinski definition) is 2. The summed E-state index contributed by atoms with van der Waals surface area (Å²) >= 11 is 0. The van der Waals surface area contributed by atoms with E-state index in [1.165, 1.54) is 18.2 Å². The second-order valence-electron chi connectivity index (χ2n) is 6.15. The van der Waals surface area contributed by atoms with Crippen LogP contribution in [0.3, 0.4) is 0 Å². The Labute approximate surface area is 136 Å². The van der Waals surface area contributed by atoms with Crippen LogP contribution >= 0.6 is 0 Å². The number of carbonyl (C=O) groups is 1. The predicted octanol–water partition coefficient (Wildman–Crippen LogP) is 1.80. The SMILES string of the molecule is CC(NC(=O)CCC1CCNC1)c1ccc(S(C)(=O)=O)c(F)c1. The minimum atomic E-state index is -3.59. The van der Waals surface area contributed by atoms with E-state index in [4.69, 9.17) is 0 Å². The lowest BCUT2D eigenvalue weighted by molar-refractivity contribution is -0.122. The van der Waals surface area contributed by atoms with Crippen molar-refractivity contribution in [3.05, 3.63) is 29.6 Å². The van der Waals surface area contributed by atoms with Crippen molar-refractivity contribution in [1.29, 1.82) is 0 Å². The molecule has 2 unspecified atom stereocenters. The molecule has 2 rings (SSSR count). The highest BCUT2D eigenvalue weighted by atomic mass is 32.2. The zero-order valence-electron chi connectivity index (χ0n) is 13.4. The van der Waals surface area contributed by atoms with E-state index in [9.17, 15) is 17.6 Å². The fraction of sp³-hybridized carbons (Fsp3) is 0.562. The van der Waals surface area contributed by atoms with Gasteiger partial charge in [-0.2, -0.15) is 0 Å². The van der Waals surface area contributed by atoms with E-state index in [0.717, 1.165) is 32.2 Å². The maximum atomic E-state index is 13.9. The van der Waals surface area contributed by atoms with Gasteiger partial charge in [0.2, 0.25) is 5.91 Å². The lowest BCUT2D eigenvalue weighted by atomic mass is 10.0. The largest absolute Gasteiger partial charge is 0.350 e. The third-order valence-electron chi connectivity index (χ3n) is 4.17. The maximum Gasteiger partial charge on any atom is 0.220 e. The lowest BCUT2D eigenvalue weighted by Crippen LogP contribution is -2.27. The van der Waals surface area contributed by atoms with Crippen LogP contribution in [0.15, 0.2) is 23.1 Å². The number of hydrogen-bond acceptors (Lipinski definition) is 4. The lowest BCUT2D eigenvalue weighted by Gasteiger charge is -2.16. The molecular formula is C16H23FN2O3S. The molecule has 1 fully saturated rings. The number of sulfone groups is 1. The number of amides is 1. The molecule has 5 nitrogen and oxygen atoms in total. The Morgan fingerprint density at radius 2 is 2.22 bits per heavy atom. The predicted molar refractivity (Wildman–Crippen MR) is 86.3 cm³/mol. The topological polar surface area (TPSA) is 75.3 Å². The second-order valence-corrected chi connectivity index (χ2v) is 8.13. The normalized spacial score (nSPS) is 19.5. The molecule has 2 N–H and O–H groups in total.